The van der Waals surface area contributed by atoms with Gasteiger partial charge in [0.25, 0.3) is 0 Å². The number of nitrogens with two attached hydrogens (primary N) is 2. The molecular weight excluding hydrogens is 242 g/mol. The largest absolute Gasteiger partial charge is 0.384 e. The van der Waals surface area contributed by atoms with Gasteiger partial charge in [0.05, 0.1) is 6.20 Å². The van der Waals surface area contributed by atoms with Crippen molar-refractivity contribution in [3.63, 3.8) is 0 Å². The molecule has 0 saturated carbocycles. The Balaban J connectivity index is 2.10. The lowest BCUT2D eigenvalue weighted by Crippen LogP contribution is -2.12. The minimum atomic E-state index is -0.416. The minimum Gasteiger partial charge on any atom is -0.384 e. The van der Waals surface area contributed by atoms with Gasteiger partial charge in [-0.15, -0.1) is 0 Å². The molecule has 2 rings (SSSR count). The molecule has 0 aliphatic carbocycles. The number of hydrogen-bond donors (Lipinski definition) is 3. The molecule has 0 bridgehead atoms. The van der Waals surface area contributed by atoms with Crippen LogP contribution in [-0.2, 0) is 13.6 Å². The number of rotatable bonds is 4. The Hall–Kier alpha value is -2.50. The lowest BCUT2D eigenvalue weighted by molar-refractivity contribution is 0.1000. The summed E-state index contributed by atoms with van der Waals surface area (Å²) in [6.45, 7) is 2.43. The Bertz CT molecular complexity index is 617. The number of amides is 1. The monoisotopic (exact) mass is 259 g/mol. The summed E-state index contributed by atoms with van der Waals surface area (Å²) in [4.78, 5) is 11.1. The Morgan fingerprint density at radius 3 is 2.74 bits per heavy atom. The third kappa shape index (κ3) is 2.67. The number of primary amides is 1. The van der Waals surface area contributed by atoms with Crippen molar-refractivity contribution in [1.29, 1.82) is 0 Å². The zero-order chi connectivity index (χ0) is 14.0. The molecule has 19 heavy (non-hydrogen) atoms. The van der Waals surface area contributed by atoms with Crippen LogP contribution in [0.25, 0.3) is 0 Å². The third-order valence-corrected chi connectivity index (χ3v) is 3.04. The fourth-order valence-electron chi connectivity index (χ4n) is 1.88. The maximum absolute atomic E-state index is 11.1. The quantitative estimate of drug-likeness (QED) is 0.763. The van der Waals surface area contributed by atoms with Crippen molar-refractivity contribution in [1.82, 2.24) is 9.78 Å². The SMILES string of the molecule is Cc1cc(NCc2cnn(C)c2N)ccc1C(N)=O. The first kappa shape index (κ1) is 12.9. The van der Waals surface area contributed by atoms with Gasteiger partial charge in [0.1, 0.15) is 5.82 Å². The molecule has 0 fully saturated rings. The summed E-state index contributed by atoms with van der Waals surface area (Å²) >= 11 is 0. The summed E-state index contributed by atoms with van der Waals surface area (Å²) in [6, 6.07) is 5.42. The number of hydrogen-bond acceptors (Lipinski definition) is 4. The van der Waals surface area contributed by atoms with Gasteiger partial charge in [-0.2, -0.15) is 5.10 Å². The minimum absolute atomic E-state index is 0.416. The van der Waals surface area contributed by atoms with Crippen LogP contribution in [0.3, 0.4) is 0 Å². The van der Waals surface area contributed by atoms with Crippen LogP contribution in [0.15, 0.2) is 24.4 Å². The average Bonchev–Trinajstić information content (AvgIpc) is 2.67. The van der Waals surface area contributed by atoms with E-state index in [1.165, 1.54) is 0 Å². The van der Waals surface area contributed by atoms with Gasteiger partial charge in [0, 0.05) is 30.4 Å². The first-order chi connectivity index (χ1) is 8.99. The van der Waals surface area contributed by atoms with Crippen molar-refractivity contribution < 1.29 is 4.79 Å². The van der Waals surface area contributed by atoms with E-state index >= 15 is 0 Å². The number of benzene rings is 1. The number of carbonyl (C=O) groups is 1. The summed E-state index contributed by atoms with van der Waals surface area (Å²) in [5.41, 5.74) is 14.3. The van der Waals surface area contributed by atoms with Crippen molar-refractivity contribution in [2.45, 2.75) is 13.5 Å². The van der Waals surface area contributed by atoms with Gasteiger partial charge in [0.2, 0.25) is 5.91 Å². The number of nitrogen functional groups attached to an aromatic ring is 1. The first-order valence-electron chi connectivity index (χ1n) is 5.89. The van der Waals surface area contributed by atoms with E-state index in [9.17, 15) is 4.79 Å². The number of aromatic nitrogens is 2. The van der Waals surface area contributed by atoms with Crippen molar-refractivity contribution in [2.75, 3.05) is 11.1 Å². The van der Waals surface area contributed by atoms with Gasteiger partial charge in [0.15, 0.2) is 0 Å². The highest BCUT2D eigenvalue weighted by molar-refractivity contribution is 5.94. The second-order valence-corrected chi connectivity index (χ2v) is 4.43. The van der Waals surface area contributed by atoms with Crippen LogP contribution in [-0.4, -0.2) is 15.7 Å². The van der Waals surface area contributed by atoms with Crippen LogP contribution >= 0.6 is 0 Å². The smallest absolute Gasteiger partial charge is 0.248 e. The molecule has 0 atom stereocenters. The Morgan fingerprint density at radius 1 is 1.47 bits per heavy atom. The van der Waals surface area contributed by atoms with E-state index < -0.39 is 5.91 Å². The second-order valence-electron chi connectivity index (χ2n) is 4.43. The molecule has 1 amide bonds. The van der Waals surface area contributed by atoms with E-state index in [2.05, 4.69) is 10.4 Å². The maximum atomic E-state index is 11.1. The van der Waals surface area contributed by atoms with Gasteiger partial charge in [-0.3, -0.25) is 9.48 Å². The Labute approximate surface area is 111 Å². The molecule has 0 aliphatic rings. The number of anilines is 2. The van der Waals surface area contributed by atoms with Crippen molar-refractivity contribution in [3.05, 3.63) is 41.1 Å². The van der Waals surface area contributed by atoms with Crippen LogP contribution in [0, 0.1) is 6.92 Å². The van der Waals surface area contributed by atoms with Crippen LogP contribution in [0.5, 0.6) is 0 Å². The zero-order valence-electron chi connectivity index (χ0n) is 11.0. The number of aryl methyl sites for hydroxylation is 2. The molecule has 1 aromatic heterocycles. The molecule has 100 valence electrons. The molecule has 0 aliphatic heterocycles. The number of nitrogens with zero attached hydrogens (tertiary/aromatic N) is 2. The highest BCUT2D eigenvalue weighted by atomic mass is 16.1. The van der Waals surface area contributed by atoms with Gasteiger partial charge in [-0.1, -0.05) is 0 Å². The lowest BCUT2D eigenvalue weighted by Gasteiger charge is -2.08. The van der Waals surface area contributed by atoms with Gasteiger partial charge in [-0.25, -0.2) is 0 Å². The van der Waals surface area contributed by atoms with E-state index in [0.29, 0.717) is 17.9 Å². The molecule has 1 heterocycles. The Morgan fingerprint density at radius 2 is 2.21 bits per heavy atom. The second kappa shape index (κ2) is 5.01. The molecular formula is C13H17N5O. The summed E-state index contributed by atoms with van der Waals surface area (Å²) < 4.78 is 1.62. The molecule has 0 spiro atoms. The highest BCUT2D eigenvalue weighted by Crippen LogP contribution is 2.17. The van der Waals surface area contributed by atoms with E-state index in [-0.39, 0.29) is 0 Å². The van der Waals surface area contributed by atoms with Gasteiger partial charge < -0.3 is 16.8 Å². The standard InChI is InChI=1S/C13H17N5O/c1-8-5-10(3-4-11(8)13(15)19)16-6-9-7-17-18(2)12(9)14/h3-5,7,16H,6,14H2,1-2H3,(H2,15,19). The summed E-state index contributed by atoms with van der Waals surface area (Å²) in [7, 11) is 1.80. The molecule has 2 aromatic rings. The topological polar surface area (TPSA) is 99.0 Å². The molecule has 6 heteroatoms. The summed E-state index contributed by atoms with van der Waals surface area (Å²) in [5, 5.41) is 7.31. The molecule has 0 radical (unpaired) electrons. The van der Waals surface area contributed by atoms with E-state index in [1.54, 1.807) is 24.0 Å². The molecule has 0 unspecified atom stereocenters. The van der Waals surface area contributed by atoms with Crippen LogP contribution in [0.1, 0.15) is 21.5 Å². The van der Waals surface area contributed by atoms with E-state index in [0.717, 1.165) is 16.8 Å². The van der Waals surface area contributed by atoms with Crippen molar-refractivity contribution in [2.24, 2.45) is 12.8 Å². The highest BCUT2D eigenvalue weighted by Gasteiger charge is 2.07. The normalized spacial score (nSPS) is 10.4. The number of carbonyl (C=O) groups excluding carboxylic acids is 1. The summed E-state index contributed by atoms with van der Waals surface area (Å²) in [5.74, 6) is 0.221. The van der Waals surface area contributed by atoms with Crippen LogP contribution in [0.2, 0.25) is 0 Å². The van der Waals surface area contributed by atoms with E-state index in [4.69, 9.17) is 11.5 Å². The predicted molar refractivity (Wildman–Crippen MR) is 74.6 cm³/mol. The average molecular weight is 259 g/mol. The fraction of sp³-hybridized carbons (Fsp3) is 0.231. The van der Waals surface area contributed by atoms with Crippen molar-refractivity contribution in [3.8, 4) is 0 Å². The van der Waals surface area contributed by atoms with Gasteiger partial charge in [-0.05, 0) is 30.7 Å². The van der Waals surface area contributed by atoms with Gasteiger partial charge >= 0.3 is 0 Å². The zero-order valence-corrected chi connectivity index (χ0v) is 11.0. The van der Waals surface area contributed by atoms with Crippen LogP contribution < -0.4 is 16.8 Å². The molecule has 1 aromatic carbocycles. The Kier molecular flexibility index (Phi) is 3.41. The van der Waals surface area contributed by atoms with Crippen molar-refractivity contribution >= 4 is 17.4 Å². The first-order valence-corrected chi connectivity index (χ1v) is 5.89. The van der Waals surface area contributed by atoms with Crippen LogP contribution in [0.4, 0.5) is 11.5 Å². The molecule has 6 nitrogen and oxygen atoms in total. The maximum Gasteiger partial charge on any atom is 0.248 e. The number of nitrogens with one attached hydrogen (secondary N) is 1. The molecule has 5 N–H and O–H groups in total. The summed E-state index contributed by atoms with van der Waals surface area (Å²) in [6.07, 6.45) is 1.73. The lowest BCUT2D eigenvalue weighted by atomic mass is 10.1. The molecule has 0 saturated heterocycles. The van der Waals surface area contributed by atoms with E-state index in [1.807, 2.05) is 19.1 Å². The fourth-order valence-corrected chi connectivity index (χ4v) is 1.88. The predicted octanol–water partition coefficient (Wildman–Crippen LogP) is 1.02. The third-order valence-electron chi connectivity index (χ3n) is 3.04.